The van der Waals surface area contributed by atoms with Gasteiger partial charge in [-0.15, -0.1) is 0 Å². The summed E-state index contributed by atoms with van der Waals surface area (Å²) in [6, 6.07) is 7.70. The number of unbranched alkanes of at least 4 members (excludes halogenated alkanes) is 1. The molecule has 1 fully saturated rings. The van der Waals surface area contributed by atoms with Gasteiger partial charge in [-0.25, -0.2) is 0 Å². The highest BCUT2D eigenvalue weighted by atomic mass is 16.5. The van der Waals surface area contributed by atoms with Gasteiger partial charge in [0.15, 0.2) is 0 Å². The Balaban J connectivity index is 2.17. The van der Waals surface area contributed by atoms with Crippen molar-refractivity contribution in [1.29, 1.82) is 0 Å². The third kappa shape index (κ3) is 5.06. The number of ether oxygens (including phenoxy) is 1. The molecule has 0 bridgehead atoms. The van der Waals surface area contributed by atoms with Crippen LogP contribution in [-0.4, -0.2) is 31.1 Å². The second kappa shape index (κ2) is 8.67. The summed E-state index contributed by atoms with van der Waals surface area (Å²) in [4.78, 5) is 25.7. The van der Waals surface area contributed by atoms with Gasteiger partial charge in [0, 0.05) is 44.0 Å². The smallest absolute Gasteiger partial charge is 0.227 e. The minimum atomic E-state index is -0.0990. The first kappa shape index (κ1) is 17.5. The van der Waals surface area contributed by atoms with Crippen LogP contribution in [0, 0.1) is 0 Å². The van der Waals surface area contributed by atoms with Crippen LogP contribution in [-0.2, 0) is 14.3 Å². The summed E-state index contributed by atoms with van der Waals surface area (Å²) < 4.78 is 5.42. The Kier molecular flexibility index (Phi) is 6.59. The number of carbonyl (C=O) groups excluding carboxylic acids is 2. The first-order valence-electron chi connectivity index (χ1n) is 8.39. The number of nitrogens with zero attached hydrogens (tertiary/aromatic N) is 1. The molecule has 1 aliphatic heterocycles. The molecule has 1 aliphatic rings. The lowest BCUT2D eigenvalue weighted by atomic mass is 10.0. The summed E-state index contributed by atoms with van der Waals surface area (Å²) in [5.74, 6) is 0.0732. The monoisotopic (exact) mass is 318 g/mol. The Bertz CT molecular complexity index is 522. The molecule has 5 heteroatoms. The van der Waals surface area contributed by atoms with E-state index in [-0.39, 0.29) is 17.9 Å². The summed E-state index contributed by atoms with van der Waals surface area (Å²) in [5.41, 5.74) is 1.64. The fourth-order valence-corrected chi connectivity index (χ4v) is 2.86. The molecule has 1 aromatic rings. The third-order valence-electron chi connectivity index (χ3n) is 4.03. The molecule has 23 heavy (non-hydrogen) atoms. The van der Waals surface area contributed by atoms with Crippen molar-refractivity contribution in [3.8, 4) is 0 Å². The van der Waals surface area contributed by atoms with Crippen molar-refractivity contribution in [2.24, 2.45) is 0 Å². The molecule has 1 aromatic carbocycles. The summed E-state index contributed by atoms with van der Waals surface area (Å²) >= 11 is 0. The molecule has 0 aromatic heterocycles. The van der Waals surface area contributed by atoms with Crippen LogP contribution in [0.15, 0.2) is 24.3 Å². The molecule has 1 heterocycles. The van der Waals surface area contributed by atoms with Gasteiger partial charge >= 0.3 is 0 Å². The van der Waals surface area contributed by atoms with Crippen LogP contribution < -0.4 is 10.2 Å². The van der Waals surface area contributed by atoms with Crippen LogP contribution in [0.2, 0.25) is 0 Å². The maximum atomic E-state index is 12.7. The molecule has 0 atom stereocenters. The predicted octanol–water partition coefficient (Wildman–Crippen LogP) is 3.35. The van der Waals surface area contributed by atoms with Crippen LogP contribution in [0.1, 0.15) is 46.0 Å². The second-order valence-corrected chi connectivity index (χ2v) is 5.94. The van der Waals surface area contributed by atoms with Crippen LogP contribution in [0.3, 0.4) is 0 Å². The molecule has 0 spiro atoms. The lowest BCUT2D eigenvalue weighted by molar-refractivity contribution is -0.119. The molecule has 0 unspecified atom stereocenters. The third-order valence-corrected chi connectivity index (χ3v) is 4.03. The van der Waals surface area contributed by atoms with Gasteiger partial charge in [-0.1, -0.05) is 13.3 Å². The second-order valence-electron chi connectivity index (χ2n) is 5.94. The van der Waals surface area contributed by atoms with Crippen molar-refractivity contribution in [2.75, 3.05) is 23.4 Å². The van der Waals surface area contributed by atoms with Crippen molar-refractivity contribution in [1.82, 2.24) is 0 Å². The summed E-state index contributed by atoms with van der Waals surface area (Å²) in [6.45, 7) is 4.98. The minimum absolute atomic E-state index is 0.0990. The number of hydrogen-bond donors (Lipinski definition) is 1. The lowest BCUT2D eigenvalue weighted by Crippen LogP contribution is -2.43. The Morgan fingerprint density at radius 1 is 1.22 bits per heavy atom. The molecule has 5 nitrogen and oxygen atoms in total. The summed E-state index contributed by atoms with van der Waals surface area (Å²) in [7, 11) is 0. The van der Waals surface area contributed by atoms with E-state index >= 15 is 0 Å². The molecule has 126 valence electrons. The van der Waals surface area contributed by atoms with E-state index in [1.54, 1.807) is 0 Å². The van der Waals surface area contributed by atoms with Gasteiger partial charge < -0.3 is 15.0 Å². The minimum Gasteiger partial charge on any atom is -0.381 e. The van der Waals surface area contributed by atoms with Gasteiger partial charge in [0.25, 0.3) is 0 Å². The van der Waals surface area contributed by atoms with E-state index in [1.165, 1.54) is 6.92 Å². The van der Waals surface area contributed by atoms with Crippen molar-refractivity contribution in [3.63, 3.8) is 0 Å². The number of rotatable bonds is 6. The maximum Gasteiger partial charge on any atom is 0.227 e. The predicted molar refractivity (Wildman–Crippen MR) is 91.6 cm³/mol. The van der Waals surface area contributed by atoms with E-state index in [0.29, 0.717) is 19.6 Å². The molecule has 0 aliphatic carbocycles. The highest BCUT2D eigenvalue weighted by Gasteiger charge is 2.26. The van der Waals surface area contributed by atoms with Crippen molar-refractivity contribution in [2.45, 2.75) is 52.0 Å². The Labute approximate surface area is 138 Å². The number of hydrogen-bond acceptors (Lipinski definition) is 3. The largest absolute Gasteiger partial charge is 0.381 e. The highest BCUT2D eigenvalue weighted by Crippen LogP contribution is 2.26. The molecule has 2 rings (SSSR count). The molecule has 2 amide bonds. The first-order chi connectivity index (χ1) is 11.1. The number of anilines is 2. The van der Waals surface area contributed by atoms with Crippen molar-refractivity contribution >= 4 is 23.2 Å². The number of benzene rings is 1. The molecule has 1 saturated heterocycles. The molecular formula is C18H26N2O3. The Morgan fingerprint density at radius 2 is 1.87 bits per heavy atom. The number of carbonyl (C=O) groups is 2. The van der Waals surface area contributed by atoms with Gasteiger partial charge in [0.1, 0.15) is 0 Å². The average Bonchev–Trinajstić information content (AvgIpc) is 2.55. The van der Waals surface area contributed by atoms with Crippen LogP contribution in [0.4, 0.5) is 11.4 Å². The Morgan fingerprint density at radius 3 is 2.43 bits per heavy atom. The average molecular weight is 318 g/mol. The zero-order valence-electron chi connectivity index (χ0n) is 14.0. The lowest BCUT2D eigenvalue weighted by Gasteiger charge is -2.34. The maximum absolute atomic E-state index is 12.7. The first-order valence-corrected chi connectivity index (χ1v) is 8.39. The van der Waals surface area contributed by atoms with E-state index < -0.39 is 0 Å². The zero-order valence-corrected chi connectivity index (χ0v) is 14.0. The Hall–Kier alpha value is -1.88. The van der Waals surface area contributed by atoms with Gasteiger partial charge in [-0.05, 0) is 43.5 Å². The highest BCUT2D eigenvalue weighted by molar-refractivity contribution is 5.94. The summed E-state index contributed by atoms with van der Waals surface area (Å²) in [5, 5.41) is 2.75. The van der Waals surface area contributed by atoms with E-state index in [4.69, 9.17) is 4.74 Å². The fourth-order valence-electron chi connectivity index (χ4n) is 2.86. The topological polar surface area (TPSA) is 58.6 Å². The number of nitrogens with one attached hydrogen (secondary N) is 1. The molecule has 0 radical (unpaired) electrons. The van der Waals surface area contributed by atoms with Crippen LogP contribution >= 0.6 is 0 Å². The fraction of sp³-hybridized carbons (Fsp3) is 0.556. The zero-order chi connectivity index (χ0) is 16.7. The van der Waals surface area contributed by atoms with Gasteiger partial charge in [-0.3, -0.25) is 9.59 Å². The van der Waals surface area contributed by atoms with E-state index in [9.17, 15) is 9.59 Å². The van der Waals surface area contributed by atoms with Gasteiger partial charge in [-0.2, -0.15) is 0 Å². The summed E-state index contributed by atoms with van der Waals surface area (Å²) in [6.07, 6.45) is 4.22. The SMILES string of the molecule is CCCCC(=O)N(c1ccc(NC(C)=O)cc1)C1CCOCC1. The van der Waals surface area contributed by atoms with Gasteiger partial charge in [0.2, 0.25) is 11.8 Å². The van der Waals surface area contributed by atoms with E-state index in [2.05, 4.69) is 12.2 Å². The standard InChI is InChI=1S/C18H26N2O3/c1-3-4-5-18(22)20(17-10-12-23-13-11-17)16-8-6-15(7-9-16)19-14(2)21/h6-9,17H,3-5,10-13H2,1-2H3,(H,19,21). The molecule has 0 saturated carbocycles. The normalized spacial score (nSPS) is 15.2. The van der Waals surface area contributed by atoms with Crippen LogP contribution in [0.25, 0.3) is 0 Å². The van der Waals surface area contributed by atoms with Gasteiger partial charge in [0.05, 0.1) is 0 Å². The van der Waals surface area contributed by atoms with Crippen molar-refractivity contribution < 1.29 is 14.3 Å². The number of amides is 2. The molecule has 1 N–H and O–H groups in total. The van der Waals surface area contributed by atoms with Crippen molar-refractivity contribution in [3.05, 3.63) is 24.3 Å². The quantitative estimate of drug-likeness (QED) is 0.875. The van der Waals surface area contributed by atoms with Crippen LogP contribution in [0.5, 0.6) is 0 Å². The molecular weight excluding hydrogens is 292 g/mol. The van der Waals surface area contributed by atoms with E-state index in [0.717, 1.165) is 37.1 Å². The van der Waals surface area contributed by atoms with E-state index in [1.807, 2.05) is 29.2 Å².